The van der Waals surface area contributed by atoms with Gasteiger partial charge in [-0.05, 0) is 38.0 Å². The SMILES string of the molecule is CCCc1c(C(=O)N2CCN(S(=O)(=O)c3ccc(Cl)s3)CC2)[nH]c(C)c1C(C)=O. The van der Waals surface area contributed by atoms with Gasteiger partial charge >= 0.3 is 0 Å². The summed E-state index contributed by atoms with van der Waals surface area (Å²) in [7, 11) is -3.61. The van der Waals surface area contributed by atoms with Gasteiger partial charge in [-0.25, -0.2) is 8.42 Å². The van der Waals surface area contributed by atoms with Crippen LogP contribution in [0.1, 0.15) is 52.4 Å². The Labute approximate surface area is 179 Å². The first-order valence-corrected chi connectivity index (χ1v) is 12.1. The van der Waals surface area contributed by atoms with Crippen LogP contribution in [0.2, 0.25) is 4.34 Å². The van der Waals surface area contributed by atoms with Crippen LogP contribution < -0.4 is 0 Å². The molecule has 0 atom stereocenters. The summed E-state index contributed by atoms with van der Waals surface area (Å²) in [6.07, 6.45) is 1.45. The highest BCUT2D eigenvalue weighted by atomic mass is 35.5. The van der Waals surface area contributed by atoms with Crippen LogP contribution in [0.3, 0.4) is 0 Å². The van der Waals surface area contributed by atoms with Gasteiger partial charge in [0, 0.05) is 37.4 Å². The fourth-order valence-corrected chi connectivity index (χ4v) is 6.75. The number of aromatic amines is 1. The number of sulfonamides is 1. The van der Waals surface area contributed by atoms with Gasteiger partial charge in [0.25, 0.3) is 15.9 Å². The summed E-state index contributed by atoms with van der Waals surface area (Å²) < 4.78 is 27.5. The van der Waals surface area contributed by atoms with Crippen molar-refractivity contribution < 1.29 is 18.0 Å². The first-order chi connectivity index (χ1) is 13.7. The molecule has 1 N–H and O–H groups in total. The number of carbonyl (C=O) groups is 2. The summed E-state index contributed by atoms with van der Waals surface area (Å²) in [5.74, 6) is -0.257. The third-order valence-corrected chi connectivity index (χ3v) is 8.62. The van der Waals surface area contributed by atoms with Crippen molar-refractivity contribution in [2.75, 3.05) is 26.2 Å². The number of H-pyrrole nitrogens is 1. The van der Waals surface area contributed by atoms with Crippen LogP contribution >= 0.6 is 22.9 Å². The van der Waals surface area contributed by atoms with Gasteiger partial charge in [0.15, 0.2) is 5.78 Å². The molecule has 3 heterocycles. The van der Waals surface area contributed by atoms with Crippen LogP contribution in [-0.4, -0.2) is 60.5 Å². The zero-order valence-corrected chi connectivity index (χ0v) is 19.0. The van der Waals surface area contributed by atoms with Crippen molar-refractivity contribution in [3.05, 3.63) is 39.0 Å². The number of Topliss-reactive ketones (excluding diaryl/α,β-unsaturated/α-hetero) is 1. The Balaban J connectivity index is 1.77. The number of hydrogen-bond donors (Lipinski definition) is 1. The molecule has 0 aliphatic carbocycles. The van der Waals surface area contributed by atoms with Crippen LogP contribution in [0.4, 0.5) is 0 Å². The number of carbonyl (C=O) groups excluding carboxylic acids is 2. The molecule has 7 nitrogen and oxygen atoms in total. The van der Waals surface area contributed by atoms with E-state index in [1.807, 2.05) is 6.92 Å². The Morgan fingerprint density at radius 2 is 1.86 bits per heavy atom. The number of hydrogen-bond acceptors (Lipinski definition) is 5. The molecule has 0 unspecified atom stereocenters. The third kappa shape index (κ3) is 4.28. The number of rotatable bonds is 6. The lowest BCUT2D eigenvalue weighted by Gasteiger charge is -2.33. The molecule has 0 spiro atoms. The molecule has 1 fully saturated rings. The van der Waals surface area contributed by atoms with Crippen molar-refractivity contribution in [3.8, 4) is 0 Å². The van der Waals surface area contributed by atoms with E-state index in [0.29, 0.717) is 27.7 Å². The van der Waals surface area contributed by atoms with Crippen LogP contribution in [-0.2, 0) is 16.4 Å². The second-order valence-electron chi connectivity index (χ2n) is 7.04. The lowest BCUT2D eigenvalue weighted by molar-refractivity contribution is 0.0691. The van der Waals surface area contributed by atoms with E-state index < -0.39 is 10.0 Å². The lowest BCUT2D eigenvalue weighted by Crippen LogP contribution is -2.50. The zero-order chi connectivity index (χ0) is 21.3. The fraction of sp³-hybridized carbons (Fsp3) is 0.474. The van der Waals surface area contributed by atoms with E-state index in [-0.39, 0.29) is 42.1 Å². The van der Waals surface area contributed by atoms with Crippen molar-refractivity contribution >= 4 is 44.7 Å². The zero-order valence-electron chi connectivity index (χ0n) is 16.6. The van der Waals surface area contributed by atoms with Crippen LogP contribution in [0.25, 0.3) is 0 Å². The molecule has 0 aromatic carbocycles. The molecule has 2 aromatic heterocycles. The average molecular weight is 458 g/mol. The topological polar surface area (TPSA) is 90.6 Å². The number of aromatic nitrogens is 1. The second kappa shape index (κ2) is 8.59. The van der Waals surface area contributed by atoms with E-state index in [9.17, 15) is 18.0 Å². The Hall–Kier alpha value is -1.68. The third-order valence-electron chi connectivity index (χ3n) is 5.03. The number of halogens is 1. The Bertz CT molecular complexity index is 1030. The summed E-state index contributed by atoms with van der Waals surface area (Å²) >= 11 is 6.90. The number of nitrogens with zero attached hydrogens (tertiary/aromatic N) is 2. The van der Waals surface area contributed by atoms with Crippen LogP contribution in [0, 0.1) is 6.92 Å². The standard InChI is InChI=1S/C19H24ClN3O4S2/c1-4-5-14-17(13(3)24)12(2)21-18(14)19(25)22-8-10-23(11-9-22)29(26,27)16-7-6-15(20)28-16/h6-7,21H,4-5,8-11H2,1-3H3. The molecular formula is C19H24ClN3O4S2. The quantitative estimate of drug-likeness (QED) is 0.673. The van der Waals surface area contributed by atoms with Gasteiger partial charge < -0.3 is 9.88 Å². The number of ketones is 1. The number of piperazine rings is 1. The van der Waals surface area contributed by atoms with Gasteiger partial charge in [-0.3, -0.25) is 9.59 Å². The maximum absolute atomic E-state index is 13.1. The maximum Gasteiger partial charge on any atom is 0.270 e. The smallest absolute Gasteiger partial charge is 0.270 e. The predicted molar refractivity (Wildman–Crippen MR) is 114 cm³/mol. The lowest BCUT2D eigenvalue weighted by atomic mass is 10.0. The van der Waals surface area contributed by atoms with Gasteiger partial charge in [0.2, 0.25) is 0 Å². The fourth-order valence-electron chi connectivity index (χ4n) is 3.69. The van der Waals surface area contributed by atoms with E-state index in [1.54, 1.807) is 17.9 Å². The van der Waals surface area contributed by atoms with Crippen LogP contribution in [0.5, 0.6) is 0 Å². The highest BCUT2D eigenvalue weighted by molar-refractivity contribution is 7.91. The average Bonchev–Trinajstić information content (AvgIpc) is 3.25. The van der Waals surface area contributed by atoms with E-state index in [1.165, 1.54) is 17.3 Å². The molecule has 0 bridgehead atoms. The minimum Gasteiger partial charge on any atom is -0.354 e. The first-order valence-electron chi connectivity index (χ1n) is 9.44. The molecule has 1 saturated heterocycles. The monoisotopic (exact) mass is 457 g/mol. The van der Waals surface area contributed by atoms with E-state index >= 15 is 0 Å². The van der Waals surface area contributed by atoms with Crippen molar-refractivity contribution in [2.24, 2.45) is 0 Å². The minimum absolute atomic E-state index is 0.0632. The van der Waals surface area contributed by atoms with Gasteiger partial charge in [-0.2, -0.15) is 4.31 Å². The summed E-state index contributed by atoms with van der Waals surface area (Å²) in [4.78, 5) is 29.9. The molecule has 0 radical (unpaired) electrons. The summed E-state index contributed by atoms with van der Waals surface area (Å²) in [5.41, 5.74) is 2.48. The summed E-state index contributed by atoms with van der Waals surface area (Å²) in [6, 6.07) is 3.07. The van der Waals surface area contributed by atoms with Crippen molar-refractivity contribution in [3.63, 3.8) is 0 Å². The number of amides is 1. The van der Waals surface area contributed by atoms with Crippen molar-refractivity contribution in [1.29, 1.82) is 0 Å². The number of aryl methyl sites for hydroxylation is 1. The predicted octanol–water partition coefficient (Wildman–Crippen LogP) is 3.34. The first kappa shape index (κ1) is 22.0. The van der Waals surface area contributed by atoms with Gasteiger partial charge in [0.05, 0.1) is 4.34 Å². The molecule has 1 amide bonds. The molecule has 158 valence electrons. The van der Waals surface area contributed by atoms with Gasteiger partial charge in [0.1, 0.15) is 9.90 Å². The molecule has 2 aromatic rings. The summed E-state index contributed by atoms with van der Waals surface area (Å²) in [6.45, 7) is 6.30. The molecular weight excluding hydrogens is 434 g/mol. The Morgan fingerprint density at radius 3 is 2.38 bits per heavy atom. The largest absolute Gasteiger partial charge is 0.354 e. The molecule has 1 aliphatic rings. The number of thiophene rings is 1. The molecule has 29 heavy (non-hydrogen) atoms. The highest BCUT2D eigenvalue weighted by Crippen LogP contribution is 2.29. The molecule has 3 rings (SSSR count). The number of nitrogens with one attached hydrogen (secondary N) is 1. The van der Waals surface area contributed by atoms with Crippen molar-refractivity contribution in [2.45, 2.75) is 37.8 Å². The molecule has 10 heteroatoms. The maximum atomic E-state index is 13.1. The molecule has 1 aliphatic heterocycles. The molecule has 0 saturated carbocycles. The van der Waals surface area contributed by atoms with Gasteiger partial charge in [-0.1, -0.05) is 24.9 Å². The van der Waals surface area contributed by atoms with Crippen LogP contribution in [0.15, 0.2) is 16.3 Å². The normalized spacial score (nSPS) is 15.7. The van der Waals surface area contributed by atoms with Crippen molar-refractivity contribution in [1.82, 2.24) is 14.2 Å². The summed E-state index contributed by atoms with van der Waals surface area (Å²) in [5, 5.41) is 0. The Kier molecular flexibility index (Phi) is 6.52. The Morgan fingerprint density at radius 1 is 1.21 bits per heavy atom. The van der Waals surface area contributed by atoms with E-state index in [2.05, 4.69) is 4.98 Å². The second-order valence-corrected chi connectivity index (χ2v) is 10.9. The highest BCUT2D eigenvalue weighted by Gasteiger charge is 2.33. The van der Waals surface area contributed by atoms with E-state index in [0.717, 1.165) is 23.3 Å². The van der Waals surface area contributed by atoms with Gasteiger partial charge in [-0.15, -0.1) is 11.3 Å². The van der Waals surface area contributed by atoms with E-state index in [4.69, 9.17) is 11.6 Å². The minimum atomic E-state index is -3.61.